The number of nitrogens with one attached hydrogen (secondary N) is 1. The van der Waals surface area contributed by atoms with Gasteiger partial charge in [-0.1, -0.05) is 0 Å². The van der Waals surface area contributed by atoms with Gasteiger partial charge in [-0.05, 0) is 70.9 Å². The molecule has 2 heterocycles. The normalized spacial score (nSPS) is 20.1. The summed E-state index contributed by atoms with van der Waals surface area (Å²) < 4.78 is 14.4. The van der Waals surface area contributed by atoms with Crippen molar-refractivity contribution in [2.45, 2.75) is 0 Å². The molecule has 2 aliphatic carbocycles. The fraction of sp³-hybridized carbons (Fsp3) is 0.227. The number of hydrogen-bond donors (Lipinski definition) is 1. The van der Waals surface area contributed by atoms with Gasteiger partial charge in [0.05, 0.1) is 16.7 Å². The minimum Gasteiger partial charge on any atom is -0.367 e. The molecule has 0 unspecified atom stereocenters. The van der Waals surface area contributed by atoms with Crippen LogP contribution in [0.3, 0.4) is 0 Å². The smallest absolute Gasteiger partial charge is 0.367 e. The number of piperazine rings is 1. The fourth-order valence-corrected chi connectivity index (χ4v) is 3.30. The van der Waals surface area contributed by atoms with Gasteiger partial charge in [0.1, 0.15) is 11.6 Å². The monoisotopic (exact) mass is 454 g/mol. The maximum atomic E-state index is 14.4. The number of likely N-dealkylation sites (N-methyl/N-ethyl adjacent to an activating group) is 1. The van der Waals surface area contributed by atoms with Crippen molar-refractivity contribution in [2.24, 2.45) is 0 Å². The Labute approximate surface area is 190 Å². The van der Waals surface area contributed by atoms with E-state index in [-0.39, 0.29) is 35.3 Å². The van der Waals surface area contributed by atoms with Gasteiger partial charge in [-0.2, -0.15) is 0 Å². The summed E-state index contributed by atoms with van der Waals surface area (Å²) in [5.41, 5.74) is 2.21. The molecule has 0 spiro atoms. The van der Waals surface area contributed by atoms with E-state index < -0.39 is 0 Å². The first-order chi connectivity index (χ1) is 13.2. The summed E-state index contributed by atoms with van der Waals surface area (Å²) in [6.45, 7) is 3.60. The van der Waals surface area contributed by atoms with Crippen LogP contribution in [0.2, 0.25) is 0 Å². The van der Waals surface area contributed by atoms with Crippen molar-refractivity contribution in [3.63, 3.8) is 0 Å². The van der Waals surface area contributed by atoms with E-state index in [1.54, 1.807) is 6.07 Å². The molecule has 2 saturated carbocycles. The van der Waals surface area contributed by atoms with Crippen molar-refractivity contribution in [3.05, 3.63) is 87.5 Å². The first-order valence-corrected chi connectivity index (χ1v) is 9.22. The average Bonchev–Trinajstić information content (AvgIpc) is 3.43. The number of benzene rings is 1. The van der Waals surface area contributed by atoms with Crippen molar-refractivity contribution in [1.29, 1.82) is 0 Å². The van der Waals surface area contributed by atoms with E-state index >= 15 is 0 Å². The third-order valence-electron chi connectivity index (χ3n) is 4.89. The van der Waals surface area contributed by atoms with Crippen molar-refractivity contribution < 1.29 is 21.5 Å². The number of imidazole rings is 1. The van der Waals surface area contributed by atoms with Crippen LogP contribution in [0.25, 0.3) is 11.0 Å². The van der Waals surface area contributed by atoms with E-state index in [1.807, 2.05) is 63.9 Å². The van der Waals surface area contributed by atoms with E-state index in [2.05, 4.69) is 26.8 Å². The summed E-state index contributed by atoms with van der Waals surface area (Å²) >= 11 is 0. The van der Waals surface area contributed by atoms with Gasteiger partial charge in [0.25, 0.3) is 0 Å². The van der Waals surface area contributed by atoms with Gasteiger partial charge in [0, 0.05) is 38.2 Å². The Morgan fingerprint density at radius 3 is 2.07 bits per heavy atom. The Morgan fingerprint density at radius 2 is 1.48 bits per heavy atom. The molecule has 7 heteroatoms. The van der Waals surface area contributed by atoms with E-state index in [4.69, 9.17) is 0 Å². The van der Waals surface area contributed by atoms with Crippen molar-refractivity contribution in [3.8, 4) is 0 Å². The molecule has 0 atom stereocenters. The number of rotatable bonds is 2. The topological polar surface area (TPSA) is 35.2 Å². The van der Waals surface area contributed by atoms with Crippen molar-refractivity contribution >= 4 is 29.1 Å². The van der Waals surface area contributed by atoms with Gasteiger partial charge in [-0.25, -0.2) is 9.37 Å². The van der Waals surface area contributed by atoms with E-state index in [0.717, 1.165) is 49.0 Å². The van der Waals surface area contributed by atoms with Crippen LogP contribution < -0.4 is 4.90 Å². The molecule has 152 valence electrons. The van der Waals surface area contributed by atoms with Gasteiger partial charge < -0.3 is 14.8 Å². The number of halogens is 2. The summed E-state index contributed by atoms with van der Waals surface area (Å²) in [7, 11) is 2.09. The minimum absolute atomic E-state index is 0. The molecular weight excluding hydrogens is 431 g/mol. The SMILES string of the molecule is CN1CCN(c2cc3nc([C]4[CH][CH][CH][CH]4)[nH]c3cc2F)CC1.Cl.[CH]1[CH][CH][CH][CH]1.[Fe+2]. The van der Waals surface area contributed by atoms with Crippen LogP contribution in [-0.2, 0) is 17.1 Å². The third-order valence-corrected chi connectivity index (χ3v) is 4.89. The van der Waals surface area contributed by atoms with E-state index in [1.165, 1.54) is 0 Å². The second kappa shape index (κ2) is 11.5. The molecule has 4 nitrogen and oxygen atoms in total. The average molecular weight is 455 g/mol. The fourth-order valence-electron chi connectivity index (χ4n) is 3.30. The molecule has 29 heavy (non-hydrogen) atoms. The number of fused-ring (bicyclic) bond motifs is 1. The van der Waals surface area contributed by atoms with Crippen LogP contribution in [0, 0.1) is 69.5 Å². The molecule has 1 saturated heterocycles. The summed E-state index contributed by atoms with van der Waals surface area (Å²) in [6.07, 6.45) is 17.9. The van der Waals surface area contributed by atoms with Crippen molar-refractivity contribution in [1.82, 2.24) is 14.9 Å². The van der Waals surface area contributed by atoms with Crippen LogP contribution >= 0.6 is 12.4 Å². The largest absolute Gasteiger partial charge is 2.00 e. The van der Waals surface area contributed by atoms with Gasteiger partial charge in [0.15, 0.2) is 0 Å². The molecule has 1 aromatic carbocycles. The molecule has 0 amide bonds. The van der Waals surface area contributed by atoms with E-state index in [9.17, 15) is 4.39 Å². The first-order valence-electron chi connectivity index (χ1n) is 9.22. The number of aromatic amines is 1. The van der Waals surface area contributed by atoms with Crippen LogP contribution in [0.15, 0.2) is 12.1 Å². The number of aromatic nitrogens is 2. The maximum Gasteiger partial charge on any atom is 2.00 e. The van der Waals surface area contributed by atoms with Gasteiger partial charge in [-0.3, -0.25) is 0 Å². The first kappa shape index (κ1) is 24.5. The van der Waals surface area contributed by atoms with Gasteiger partial charge in [-0.15, -0.1) is 12.4 Å². The minimum atomic E-state index is -0.185. The van der Waals surface area contributed by atoms with Crippen LogP contribution in [0.1, 0.15) is 5.82 Å². The second-order valence-electron chi connectivity index (χ2n) is 6.83. The van der Waals surface area contributed by atoms with Gasteiger partial charge in [0.2, 0.25) is 0 Å². The van der Waals surface area contributed by atoms with Crippen molar-refractivity contribution in [2.75, 3.05) is 38.1 Å². The van der Waals surface area contributed by atoms with Crippen LogP contribution in [0.5, 0.6) is 0 Å². The molecule has 1 N–H and O–H groups in total. The third kappa shape index (κ3) is 6.10. The maximum absolute atomic E-state index is 14.4. The second-order valence-corrected chi connectivity index (χ2v) is 6.83. The molecule has 10 radical (unpaired) electrons. The van der Waals surface area contributed by atoms with Crippen LogP contribution in [-0.4, -0.2) is 48.1 Å². The Hall–Kier alpha value is -0.811. The predicted octanol–water partition coefficient (Wildman–Crippen LogP) is 3.65. The number of nitrogens with zero attached hydrogens (tertiary/aromatic N) is 3. The van der Waals surface area contributed by atoms with Gasteiger partial charge >= 0.3 is 17.1 Å². The number of H-pyrrole nitrogens is 1. The quantitative estimate of drug-likeness (QED) is 0.704. The molecule has 3 aliphatic rings. The molecule has 5 rings (SSSR count). The zero-order chi connectivity index (χ0) is 18.6. The van der Waals surface area contributed by atoms with Crippen LogP contribution in [0.4, 0.5) is 10.1 Å². The Morgan fingerprint density at radius 1 is 0.897 bits per heavy atom. The number of anilines is 1. The standard InChI is InChI=1S/C17H18FN4.C5H5.ClH.Fe/c1-21-6-8-22(9-7-21)16-11-15-14(10-13(16)18)19-17(20-15)12-4-2-3-5-12;1-2-4-5-3-1;;/h2-5,10-11H,6-9H2,1H3,(H,19,20);1-5H;1H;/q;;;+2. The Balaban J connectivity index is 0.000000378. The Kier molecular flexibility index (Phi) is 9.74. The molecule has 3 fully saturated rings. The Bertz CT molecular complexity index is 743. The molecule has 2 aromatic rings. The molecule has 0 bridgehead atoms. The summed E-state index contributed by atoms with van der Waals surface area (Å²) in [5, 5.41) is 0. The predicted molar refractivity (Wildman–Crippen MR) is 114 cm³/mol. The zero-order valence-corrected chi connectivity index (χ0v) is 18.1. The molecular formula is C22H24ClFFeN4+2. The zero-order valence-electron chi connectivity index (χ0n) is 16.2. The summed E-state index contributed by atoms with van der Waals surface area (Å²) in [6, 6.07) is 3.42. The molecule has 1 aliphatic heterocycles. The van der Waals surface area contributed by atoms with E-state index in [0.29, 0.717) is 5.69 Å². The molecule has 1 aromatic heterocycles. The summed E-state index contributed by atoms with van der Waals surface area (Å²) in [4.78, 5) is 12.2. The summed E-state index contributed by atoms with van der Waals surface area (Å²) in [5.74, 6) is 1.63. The number of hydrogen-bond acceptors (Lipinski definition) is 3.